The standard InChI is InChI=1S/C28H38N10O6.C6H14N2O/c1-4-12-33-28(2,3)20(38-44)11-13-30-21(39)10-9-19(26(42)43)35-24(40)16-5-7-17(8-6-16)31-14-18-15-32-23-22(34-18)25(41)37-27(29)36-23;1-5(8-9)6(2,3)7-4/h5-8,15,19,31,33,44H,4,9-14H2,1-3H3,(H,30,39)(H,35,40)(H,42,43)(H3,29,32,36,37,41);7,9H,1-4H3/b38-20+;8-5+. The Bertz CT molecular complexity index is 1810. The van der Waals surface area contributed by atoms with E-state index in [1.807, 2.05) is 41.7 Å². The molecule has 19 nitrogen and oxygen atoms in total. The van der Waals surface area contributed by atoms with Gasteiger partial charge >= 0.3 is 5.97 Å². The third kappa shape index (κ3) is 13.8. The highest BCUT2D eigenvalue weighted by Gasteiger charge is 2.25. The van der Waals surface area contributed by atoms with E-state index in [0.29, 0.717) is 29.2 Å². The summed E-state index contributed by atoms with van der Waals surface area (Å²) in [6, 6.07) is 5.01. The van der Waals surface area contributed by atoms with Gasteiger partial charge in [0.15, 0.2) is 11.2 Å². The number of aromatic nitrogens is 4. The molecule has 11 N–H and O–H groups in total. The van der Waals surface area contributed by atoms with Gasteiger partial charge in [-0.15, -0.1) is 0 Å². The van der Waals surface area contributed by atoms with Crippen LogP contribution < -0.4 is 37.9 Å². The lowest BCUT2D eigenvalue weighted by molar-refractivity contribution is -0.139. The summed E-state index contributed by atoms with van der Waals surface area (Å²) in [5, 5.41) is 48.3. The molecule has 2 heterocycles. The largest absolute Gasteiger partial charge is 0.480 e. The maximum absolute atomic E-state index is 12.7. The van der Waals surface area contributed by atoms with Gasteiger partial charge in [-0.25, -0.2) is 14.8 Å². The zero-order valence-electron chi connectivity index (χ0n) is 31.2. The fourth-order valence-corrected chi connectivity index (χ4v) is 4.50. The van der Waals surface area contributed by atoms with E-state index in [0.717, 1.165) is 13.0 Å². The van der Waals surface area contributed by atoms with Crippen molar-refractivity contribution in [1.29, 1.82) is 0 Å². The first kappa shape index (κ1) is 43.5. The summed E-state index contributed by atoms with van der Waals surface area (Å²) in [5.74, 6) is -2.32. The molecular formula is C34H52N12O7. The third-order valence-electron chi connectivity index (χ3n) is 8.39. The highest BCUT2D eigenvalue weighted by molar-refractivity contribution is 5.97. The first-order valence-electron chi connectivity index (χ1n) is 17.0. The third-order valence-corrected chi connectivity index (χ3v) is 8.39. The van der Waals surface area contributed by atoms with Crippen LogP contribution in [0.25, 0.3) is 11.2 Å². The number of oxime groups is 2. The van der Waals surface area contributed by atoms with Crippen molar-refractivity contribution in [1.82, 2.24) is 41.2 Å². The monoisotopic (exact) mass is 740 g/mol. The Morgan fingerprint density at radius 3 is 2.25 bits per heavy atom. The van der Waals surface area contributed by atoms with Gasteiger partial charge in [-0.3, -0.25) is 19.4 Å². The molecule has 0 fully saturated rings. The molecule has 0 spiro atoms. The molecule has 0 aliphatic carbocycles. The highest BCUT2D eigenvalue weighted by Crippen LogP contribution is 2.13. The minimum atomic E-state index is -1.28. The van der Waals surface area contributed by atoms with Gasteiger partial charge in [-0.1, -0.05) is 17.2 Å². The molecule has 2 amide bonds. The van der Waals surface area contributed by atoms with Crippen molar-refractivity contribution in [3.05, 3.63) is 52.1 Å². The Balaban J connectivity index is 0.000000953. The number of carbonyl (C=O) groups excluding carboxylic acids is 2. The fourth-order valence-electron chi connectivity index (χ4n) is 4.50. The van der Waals surface area contributed by atoms with Gasteiger partial charge in [-0.05, 0) is 85.3 Å². The molecule has 1 atom stereocenters. The number of nitrogens with one attached hydrogen (secondary N) is 6. The van der Waals surface area contributed by atoms with Gasteiger partial charge in [0.1, 0.15) is 6.04 Å². The Morgan fingerprint density at radius 1 is 1.00 bits per heavy atom. The summed E-state index contributed by atoms with van der Waals surface area (Å²) in [6.45, 7) is 12.6. The van der Waals surface area contributed by atoms with Crippen molar-refractivity contribution in [3.8, 4) is 0 Å². The van der Waals surface area contributed by atoms with Gasteiger partial charge in [0.2, 0.25) is 11.9 Å². The van der Waals surface area contributed by atoms with Crippen LogP contribution in [0.2, 0.25) is 0 Å². The SMILES string of the molecule is CCCNC(C)(C)/C(CCNC(=O)CCC(NC(=O)c1ccc(NCc2cnc3nc(N)[nH]c(=O)c3n2)cc1)C(=O)O)=N/O.CNC(C)(C)/C(C)=N/O. The lowest BCUT2D eigenvalue weighted by Crippen LogP contribution is -2.48. The first-order valence-corrected chi connectivity index (χ1v) is 17.0. The van der Waals surface area contributed by atoms with Crippen LogP contribution in [0, 0.1) is 0 Å². The maximum atomic E-state index is 12.7. The van der Waals surface area contributed by atoms with Crippen molar-refractivity contribution in [2.24, 2.45) is 10.3 Å². The van der Waals surface area contributed by atoms with E-state index in [2.05, 4.69) is 56.8 Å². The van der Waals surface area contributed by atoms with Gasteiger partial charge in [0.05, 0.1) is 40.9 Å². The van der Waals surface area contributed by atoms with Crippen LogP contribution in [0.4, 0.5) is 11.6 Å². The van der Waals surface area contributed by atoms with E-state index >= 15 is 0 Å². The fraction of sp³-hybridized carbons (Fsp3) is 0.500. The van der Waals surface area contributed by atoms with Crippen molar-refractivity contribution in [2.45, 2.75) is 90.9 Å². The van der Waals surface area contributed by atoms with E-state index in [9.17, 15) is 29.5 Å². The lowest BCUT2D eigenvalue weighted by atomic mass is 9.95. The number of amides is 2. The molecule has 1 unspecified atom stereocenters. The van der Waals surface area contributed by atoms with Crippen LogP contribution in [-0.4, -0.2) is 102 Å². The van der Waals surface area contributed by atoms with Crippen molar-refractivity contribution < 1.29 is 29.9 Å². The zero-order valence-corrected chi connectivity index (χ0v) is 31.2. The number of nitrogen functional groups attached to an aromatic ring is 1. The van der Waals surface area contributed by atoms with Gasteiger partial charge in [0.25, 0.3) is 11.5 Å². The number of H-pyrrole nitrogens is 1. The summed E-state index contributed by atoms with van der Waals surface area (Å²) < 4.78 is 0. The number of nitrogens with two attached hydrogens (primary N) is 1. The molecule has 3 aromatic rings. The summed E-state index contributed by atoms with van der Waals surface area (Å²) in [7, 11) is 1.83. The second-order valence-electron chi connectivity index (χ2n) is 13.1. The average molecular weight is 741 g/mol. The number of carboxylic acid groups (broad SMARTS) is 1. The molecule has 0 saturated heterocycles. The van der Waals surface area contributed by atoms with Crippen LogP contribution >= 0.6 is 0 Å². The predicted molar refractivity (Wildman–Crippen MR) is 202 cm³/mol. The first-order chi connectivity index (χ1) is 25.0. The molecular weight excluding hydrogens is 688 g/mol. The summed E-state index contributed by atoms with van der Waals surface area (Å²) in [4.78, 5) is 63.5. The van der Waals surface area contributed by atoms with Crippen LogP contribution in [0.5, 0.6) is 0 Å². The maximum Gasteiger partial charge on any atom is 0.326 e. The van der Waals surface area contributed by atoms with Gasteiger partial charge < -0.3 is 47.8 Å². The number of anilines is 2. The molecule has 1 aromatic carbocycles. The normalized spacial score (nSPS) is 12.7. The second kappa shape index (κ2) is 20.4. The number of aromatic amines is 1. The molecule has 2 aromatic heterocycles. The molecule has 290 valence electrons. The molecule has 0 aliphatic heterocycles. The summed E-state index contributed by atoms with van der Waals surface area (Å²) >= 11 is 0. The number of fused-ring (bicyclic) bond motifs is 1. The number of nitrogens with zero attached hydrogens (tertiary/aromatic N) is 5. The van der Waals surface area contributed by atoms with Crippen LogP contribution in [-0.2, 0) is 16.1 Å². The molecule has 0 bridgehead atoms. The summed E-state index contributed by atoms with van der Waals surface area (Å²) in [6.07, 6.45) is 2.43. The second-order valence-corrected chi connectivity index (χ2v) is 13.1. The Kier molecular flexibility index (Phi) is 16.7. The minimum absolute atomic E-state index is 0.0538. The van der Waals surface area contributed by atoms with Gasteiger partial charge in [0, 0.05) is 30.6 Å². The predicted octanol–water partition coefficient (Wildman–Crippen LogP) is 1.82. The molecule has 53 heavy (non-hydrogen) atoms. The number of benzene rings is 1. The molecule has 3 rings (SSSR count). The Labute approximate surface area is 307 Å². The van der Waals surface area contributed by atoms with Crippen LogP contribution in [0.3, 0.4) is 0 Å². The van der Waals surface area contributed by atoms with Crippen molar-refractivity contribution in [2.75, 3.05) is 31.2 Å². The van der Waals surface area contributed by atoms with Gasteiger partial charge in [-0.2, -0.15) is 4.98 Å². The van der Waals surface area contributed by atoms with Crippen molar-refractivity contribution in [3.63, 3.8) is 0 Å². The summed E-state index contributed by atoms with van der Waals surface area (Å²) in [5.41, 5.74) is 6.95. The number of carboxylic acids is 1. The molecule has 19 heteroatoms. The van der Waals surface area contributed by atoms with E-state index in [1.165, 1.54) is 18.3 Å². The lowest BCUT2D eigenvalue weighted by Gasteiger charge is -2.27. The molecule has 0 aliphatic rings. The van der Waals surface area contributed by atoms with E-state index < -0.39 is 34.9 Å². The smallest absolute Gasteiger partial charge is 0.326 e. The highest BCUT2D eigenvalue weighted by atomic mass is 16.4. The van der Waals surface area contributed by atoms with E-state index in [1.54, 1.807) is 19.1 Å². The zero-order chi connectivity index (χ0) is 39.8. The van der Waals surface area contributed by atoms with E-state index in [-0.39, 0.29) is 54.1 Å². The Morgan fingerprint density at radius 2 is 1.68 bits per heavy atom. The number of hydrogen-bond acceptors (Lipinski definition) is 15. The Hall–Kier alpha value is -5.69. The quantitative estimate of drug-likeness (QED) is 0.0506. The number of aliphatic carboxylic acids is 1. The number of hydrogen-bond donors (Lipinski definition) is 10. The number of carbonyl (C=O) groups is 3. The molecule has 0 radical (unpaired) electrons. The van der Waals surface area contributed by atoms with Crippen LogP contribution in [0.15, 0.2) is 45.6 Å². The number of rotatable bonds is 18. The van der Waals surface area contributed by atoms with E-state index in [4.69, 9.17) is 10.9 Å². The molecule has 0 saturated carbocycles. The topological polar surface area (TPSA) is 294 Å². The van der Waals surface area contributed by atoms with Crippen LogP contribution in [0.1, 0.15) is 83.3 Å². The van der Waals surface area contributed by atoms with Crippen molar-refractivity contribution >= 4 is 52.0 Å². The minimum Gasteiger partial charge on any atom is -0.480 e. The average Bonchev–Trinajstić information content (AvgIpc) is 3.13.